The van der Waals surface area contributed by atoms with Gasteiger partial charge in [0.2, 0.25) is 5.91 Å². The SMILES string of the molecule is CSCCC(=O)Nc1ccccc1C(C)Br. The molecule has 0 aliphatic rings. The Labute approximate surface area is 109 Å². The number of nitrogens with one attached hydrogen (secondary N) is 1. The Bertz CT molecular complexity index is 355. The molecule has 4 heteroatoms. The zero-order chi connectivity index (χ0) is 12.0. The van der Waals surface area contributed by atoms with Crippen LogP contribution in [0, 0.1) is 0 Å². The molecule has 0 bridgehead atoms. The van der Waals surface area contributed by atoms with Crippen molar-refractivity contribution in [1.82, 2.24) is 0 Å². The summed E-state index contributed by atoms with van der Waals surface area (Å²) < 4.78 is 0. The van der Waals surface area contributed by atoms with E-state index in [0.29, 0.717) is 6.42 Å². The number of halogens is 1. The Kier molecular flexibility index (Phi) is 5.91. The van der Waals surface area contributed by atoms with Crippen LogP contribution in [0.5, 0.6) is 0 Å². The second-order valence-corrected chi connectivity index (χ2v) is 5.85. The van der Waals surface area contributed by atoms with Gasteiger partial charge >= 0.3 is 0 Å². The van der Waals surface area contributed by atoms with Crippen LogP contribution in [0.4, 0.5) is 5.69 Å². The quantitative estimate of drug-likeness (QED) is 0.837. The first-order valence-electron chi connectivity index (χ1n) is 5.17. The molecule has 0 saturated heterocycles. The lowest BCUT2D eigenvalue weighted by Gasteiger charge is -2.12. The molecular weight excluding hydrogens is 286 g/mol. The van der Waals surface area contributed by atoms with Gasteiger partial charge in [0.1, 0.15) is 0 Å². The van der Waals surface area contributed by atoms with Crippen LogP contribution in [0.25, 0.3) is 0 Å². The minimum atomic E-state index is 0.0787. The largest absolute Gasteiger partial charge is 0.326 e. The number of carbonyl (C=O) groups is 1. The first-order chi connectivity index (χ1) is 7.65. The third-order valence-corrected chi connectivity index (χ3v) is 3.30. The van der Waals surface area contributed by atoms with Crippen molar-refractivity contribution < 1.29 is 4.79 Å². The molecule has 1 N–H and O–H groups in total. The summed E-state index contributed by atoms with van der Waals surface area (Å²) in [5.74, 6) is 0.938. The lowest BCUT2D eigenvalue weighted by Crippen LogP contribution is -2.13. The van der Waals surface area contributed by atoms with Gasteiger partial charge < -0.3 is 5.32 Å². The van der Waals surface area contributed by atoms with Crippen LogP contribution in [0.3, 0.4) is 0 Å². The first kappa shape index (κ1) is 13.6. The molecule has 88 valence electrons. The highest BCUT2D eigenvalue weighted by molar-refractivity contribution is 9.09. The van der Waals surface area contributed by atoms with E-state index >= 15 is 0 Å². The summed E-state index contributed by atoms with van der Waals surface area (Å²) >= 11 is 5.20. The fourth-order valence-electron chi connectivity index (χ4n) is 1.37. The number of amides is 1. The second kappa shape index (κ2) is 6.97. The van der Waals surface area contributed by atoms with Gasteiger partial charge in [-0.05, 0) is 24.8 Å². The third kappa shape index (κ3) is 4.18. The van der Waals surface area contributed by atoms with Crippen molar-refractivity contribution in [3.63, 3.8) is 0 Å². The average molecular weight is 302 g/mol. The van der Waals surface area contributed by atoms with Gasteiger partial charge in [-0.3, -0.25) is 4.79 Å². The standard InChI is InChI=1S/C12H16BrNOS/c1-9(13)10-5-3-4-6-11(10)14-12(15)7-8-16-2/h3-6,9H,7-8H2,1-2H3,(H,14,15). The molecule has 0 heterocycles. The van der Waals surface area contributed by atoms with Crippen LogP contribution in [0.15, 0.2) is 24.3 Å². The van der Waals surface area contributed by atoms with Crippen LogP contribution < -0.4 is 5.32 Å². The lowest BCUT2D eigenvalue weighted by molar-refractivity contribution is -0.115. The summed E-state index contributed by atoms with van der Waals surface area (Å²) in [4.78, 5) is 11.8. The molecule has 0 fully saturated rings. The first-order valence-corrected chi connectivity index (χ1v) is 7.48. The van der Waals surface area contributed by atoms with Crippen LogP contribution in [0.2, 0.25) is 0 Å². The van der Waals surface area contributed by atoms with E-state index in [0.717, 1.165) is 17.0 Å². The van der Waals surface area contributed by atoms with E-state index in [1.807, 2.05) is 37.4 Å². The number of thioether (sulfide) groups is 1. The molecular formula is C12H16BrNOS. The predicted octanol–water partition coefficient (Wildman–Crippen LogP) is 3.83. The molecule has 0 aromatic heterocycles. The van der Waals surface area contributed by atoms with Crippen LogP contribution in [-0.4, -0.2) is 17.9 Å². The van der Waals surface area contributed by atoms with Gasteiger partial charge in [0, 0.05) is 22.7 Å². The summed E-state index contributed by atoms with van der Waals surface area (Å²) in [7, 11) is 0. The molecule has 0 aliphatic heterocycles. The number of alkyl halides is 1. The van der Waals surface area contributed by atoms with E-state index in [1.54, 1.807) is 11.8 Å². The Morgan fingerprint density at radius 3 is 2.81 bits per heavy atom. The lowest BCUT2D eigenvalue weighted by atomic mass is 10.1. The van der Waals surface area contributed by atoms with Gasteiger partial charge in [0.25, 0.3) is 0 Å². The van der Waals surface area contributed by atoms with Gasteiger partial charge in [-0.15, -0.1) is 0 Å². The Balaban J connectivity index is 2.69. The molecule has 1 amide bonds. The van der Waals surface area contributed by atoms with Crippen molar-refractivity contribution in [1.29, 1.82) is 0 Å². The molecule has 1 unspecified atom stereocenters. The van der Waals surface area contributed by atoms with E-state index < -0.39 is 0 Å². The van der Waals surface area contributed by atoms with E-state index in [2.05, 4.69) is 21.2 Å². The molecule has 0 saturated carbocycles. The van der Waals surface area contributed by atoms with Gasteiger partial charge in [-0.25, -0.2) is 0 Å². The zero-order valence-electron chi connectivity index (χ0n) is 9.50. The smallest absolute Gasteiger partial charge is 0.225 e. The number of carbonyl (C=O) groups excluding carboxylic acids is 1. The van der Waals surface area contributed by atoms with Crippen LogP contribution >= 0.6 is 27.7 Å². The summed E-state index contributed by atoms with van der Waals surface area (Å²) in [6.45, 7) is 2.05. The third-order valence-electron chi connectivity index (χ3n) is 2.20. The Morgan fingerprint density at radius 1 is 1.50 bits per heavy atom. The van der Waals surface area contributed by atoms with Crippen molar-refractivity contribution in [3.8, 4) is 0 Å². The topological polar surface area (TPSA) is 29.1 Å². The number of hydrogen-bond donors (Lipinski definition) is 1. The zero-order valence-corrected chi connectivity index (χ0v) is 11.9. The van der Waals surface area contributed by atoms with Gasteiger partial charge in [-0.2, -0.15) is 11.8 Å². The summed E-state index contributed by atoms with van der Waals surface area (Å²) in [6.07, 6.45) is 2.56. The molecule has 1 aromatic carbocycles. The van der Waals surface area contributed by atoms with E-state index in [1.165, 1.54) is 0 Å². The molecule has 1 atom stereocenters. The van der Waals surface area contributed by atoms with Crippen molar-refractivity contribution in [3.05, 3.63) is 29.8 Å². The highest BCUT2D eigenvalue weighted by Gasteiger charge is 2.09. The highest BCUT2D eigenvalue weighted by atomic mass is 79.9. The maximum Gasteiger partial charge on any atom is 0.225 e. The normalized spacial score (nSPS) is 12.2. The molecule has 0 radical (unpaired) electrons. The van der Waals surface area contributed by atoms with E-state index in [9.17, 15) is 4.79 Å². The molecule has 1 rings (SSSR count). The number of anilines is 1. The van der Waals surface area contributed by atoms with E-state index in [-0.39, 0.29) is 10.7 Å². The summed E-state index contributed by atoms with van der Waals surface area (Å²) in [6, 6.07) is 7.86. The molecule has 16 heavy (non-hydrogen) atoms. The highest BCUT2D eigenvalue weighted by Crippen LogP contribution is 2.28. The van der Waals surface area contributed by atoms with Crippen LogP contribution in [0.1, 0.15) is 23.7 Å². The fourth-order valence-corrected chi connectivity index (χ4v) is 2.15. The monoisotopic (exact) mass is 301 g/mol. The second-order valence-electron chi connectivity index (χ2n) is 3.49. The molecule has 0 aliphatic carbocycles. The number of benzene rings is 1. The van der Waals surface area contributed by atoms with Crippen LogP contribution in [-0.2, 0) is 4.79 Å². The van der Waals surface area contributed by atoms with Crippen molar-refractivity contribution in [2.75, 3.05) is 17.3 Å². The van der Waals surface area contributed by atoms with E-state index in [4.69, 9.17) is 0 Å². The van der Waals surface area contributed by atoms with Crippen molar-refractivity contribution in [2.24, 2.45) is 0 Å². The maximum atomic E-state index is 11.6. The molecule has 2 nitrogen and oxygen atoms in total. The number of hydrogen-bond acceptors (Lipinski definition) is 2. The van der Waals surface area contributed by atoms with Gasteiger partial charge in [0.15, 0.2) is 0 Å². The average Bonchev–Trinajstić information content (AvgIpc) is 2.27. The minimum Gasteiger partial charge on any atom is -0.326 e. The number of para-hydroxylation sites is 1. The molecule has 0 spiro atoms. The summed E-state index contributed by atoms with van der Waals surface area (Å²) in [5.41, 5.74) is 2.01. The fraction of sp³-hybridized carbons (Fsp3) is 0.417. The van der Waals surface area contributed by atoms with Gasteiger partial charge in [0.05, 0.1) is 0 Å². The van der Waals surface area contributed by atoms with Crippen molar-refractivity contribution in [2.45, 2.75) is 18.2 Å². The maximum absolute atomic E-state index is 11.6. The van der Waals surface area contributed by atoms with Gasteiger partial charge in [-0.1, -0.05) is 34.1 Å². The van der Waals surface area contributed by atoms with Crippen molar-refractivity contribution >= 4 is 39.3 Å². The predicted molar refractivity (Wildman–Crippen MR) is 75.4 cm³/mol. The Morgan fingerprint density at radius 2 is 2.19 bits per heavy atom. The Hall–Kier alpha value is -0.480. The minimum absolute atomic E-state index is 0.0787. The molecule has 1 aromatic rings. The summed E-state index contributed by atoms with van der Waals surface area (Å²) in [5, 5.41) is 2.94. The number of rotatable bonds is 5.